The SMILES string of the molecule is NCCCCCc1nc(N)c2c(n1)CCC2. The predicted molar refractivity (Wildman–Crippen MR) is 65.1 cm³/mol. The monoisotopic (exact) mass is 220 g/mol. The zero-order valence-corrected chi connectivity index (χ0v) is 9.71. The van der Waals surface area contributed by atoms with Crippen molar-refractivity contribution in [2.75, 3.05) is 12.3 Å². The van der Waals surface area contributed by atoms with Gasteiger partial charge in [0.1, 0.15) is 11.6 Å². The summed E-state index contributed by atoms with van der Waals surface area (Å²) in [5.74, 6) is 1.62. The van der Waals surface area contributed by atoms with E-state index in [1.807, 2.05) is 0 Å². The molecule has 0 fully saturated rings. The summed E-state index contributed by atoms with van der Waals surface area (Å²) in [7, 11) is 0. The zero-order valence-electron chi connectivity index (χ0n) is 9.71. The molecule has 1 aromatic heterocycles. The van der Waals surface area contributed by atoms with Crippen molar-refractivity contribution in [1.29, 1.82) is 0 Å². The second kappa shape index (κ2) is 5.25. The molecule has 88 valence electrons. The Kier molecular flexibility index (Phi) is 3.72. The number of hydrogen-bond donors (Lipinski definition) is 2. The molecule has 0 bridgehead atoms. The highest BCUT2D eigenvalue weighted by Crippen LogP contribution is 2.24. The highest BCUT2D eigenvalue weighted by Gasteiger charge is 2.17. The molecule has 0 amide bonds. The molecule has 0 saturated heterocycles. The number of nitrogens with zero attached hydrogens (tertiary/aromatic N) is 2. The van der Waals surface area contributed by atoms with Crippen LogP contribution in [0.4, 0.5) is 5.82 Å². The van der Waals surface area contributed by atoms with Gasteiger partial charge in [0.2, 0.25) is 0 Å². The Balaban J connectivity index is 1.97. The van der Waals surface area contributed by atoms with E-state index in [9.17, 15) is 0 Å². The lowest BCUT2D eigenvalue weighted by atomic mass is 10.1. The number of aryl methyl sites for hydroxylation is 2. The van der Waals surface area contributed by atoms with Crippen LogP contribution in [0.3, 0.4) is 0 Å². The molecular formula is C12H20N4. The minimum Gasteiger partial charge on any atom is -0.383 e. The molecule has 0 spiro atoms. The minimum atomic E-state index is 0.705. The Labute approximate surface area is 96.5 Å². The van der Waals surface area contributed by atoms with Gasteiger partial charge in [-0.25, -0.2) is 9.97 Å². The molecule has 1 heterocycles. The predicted octanol–water partition coefficient (Wildman–Crippen LogP) is 1.22. The molecule has 0 saturated carbocycles. The van der Waals surface area contributed by atoms with Crippen LogP contribution in [0.1, 0.15) is 42.8 Å². The smallest absolute Gasteiger partial charge is 0.131 e. The molecular weight excluding hydrogens is 200 g/mol. The van der Waals surface area contributed by atoms with Gasteiger partial charge < -0.3 is 11.5 Å². The van der Waals surface area contributed by atoms with Crippen LogP contribution in [-0.4, -0.2) is 16.5 Å². The van der Waals surface area contributed by atoms with Crippen molar-refractivity contribution in [3.63, 3.8) is 0 Å². The first-order valence-corrected chi connectivity index (χ1v) is 6.15. The van der Waals surface area contributed by atoms with E-state index in [2.05, 4.69) is 9.97 Å². The fraction of sp³-hybridized carbons (Fsp3) is 0.667. The molecule has 4 nitrogen and oxygen atoms in total. The summed E-state index contributed by atoms with van der Waals surface area (Å²) in [6, 6.07) is 0. The van der Waals surface area contributed by atoms with Crippen LogP contribution < -0.4 is 11.5 Å². The highest BCUT2D eigenvalue weighted by molar-refractivity contribution is 5.44. The molecule has 0 aliphatic heterocycles. The van der Waals surface area contributed by atoms with Crippen LogP contribution in [0.2, 0.25) is 0 Å². The van der Waals surface area contributed by atoms with Crippen molar-refractivity contribution < 1.29 is 0 Å². The third-order valence-electron chi connectivity index (χ3n) is 3.12. The second-order valence-electron chi connectivity index (χ2n) is 4.40. The van der Waals surface area contributed by atoms with Gasteiger partial charge in [-0.3, -0.25) is 0 Å². The second-order valence-corrected chi connectivity index (χ2v) is 4.40. The Morgan fingerprint density at radius 1 is 1.06 bits per heavy atom. The highest BCUT2D eigenvalue weighted by atomic mass is 15.0. The molecule has 1 aliphatic rings. The molecule has 0 atom stereocenters. The summed E-state index contributed by atoms with van der Waals surface area (Å²) in [5.41, 5.74) is 13.8. The first-order chi connectivity index (χ1) is 7.81. The van der Waals surface area contributed by atoms with Gasteiger partial charge in [0.05, 0.1) is 0 Å². The minimum absolute atomic E-state index is 0.705. The normalized spacial score (nSPS) is 14.1. The Bertz CT molecular complexity index is 362. The van der Waals surface area contributed by atoms with Gasteiger partial charge in [-0.2, -0.15) is 0 Å². The average Bonchev–Trinajstić information content (AvgIpc) is 2.73. The van der Waals surface area contributed by atoms with Crippen LogP contribution in [0.25, 0.3) is 0 Å². The average molecular weight is 220 g/mol. The fourth-order valence-electron chi connectivity index (χ4n) is 2.23. The van der Waals surface area contributed by atoms with E-state index in [0.717, 1.165) is 50.9 Å². The molecule has 0 unspecified atom stereocenters. The summed E-state index contributed by atoms with van der Waals surface area (Å²) < 4.78 is 0. The number of unbranched alkanes of at least 4 members (excludes halogenated alkanes) is 2. The van der Waals surface area contributed by atoms with Gasteiger partial charge in [0, 0.05) is 17.7 Å². The van der Waals surface area contributed by atoms with Gasteiger partial charge in [-0.1, -0.05) is 6.42 Å². The van der Waals surface area contributed by atoms with Crippen molar-refractivity contribution in [1.82, 2.24) is 9.97 Å². The molecule has 4 heteroatoms. The van der Waals surface area contributed by atoms with Crippen molar-refractivity contribution >= 4 is 5.82 Å². The number of nitrogen functional groups attached to an aromatic ring is 1. The van der Waals surface area contributed by atoms with Crippen LogP contribution in [0, 0.1) is 0 Å². The molecule has 2 rings (SSSR count). The molecule has 4 N–H and O–H groups in total. The third kappa shape index (κ3) is 2.50. The van der Waals surface area contributed by atoms with Gasteiger partial charge in [0.15, 0.2) is 0 Å². The summed E-state index contributed by atoms with van der Waals surface area (Å²) >= 11 is 0. The van der Waals surface area contributed by atoms with Crippen LogP contribution in [0.5, 0.6) is 0 Å². The number of nitrogens with two attached hydrogens (primary N) is 2. The molecule has 0 aromatic carbocycles. The number of fused-ring (bicyclic) bond motifs is 1. The maximum absolute atomic E-state index is 5.93. The fourth-order valence-corrected chi connectivity index (χ4v) is 2.23. The van der Waals surface area contributed by atoms with E-state index >= 15 is 0 Å². The van der Waals surface area contributed by atoms with Crippen LogP contribution in [-0.2, 0) is 19.3 Å². The first kappa shape index (κ1) is 11.3. The van der Waals surface area contributed by atoms with Gasteiger partial charge in [-0.05, 0) is 38.6 Å². The van der Waals surface area contributed by atoms with Gasteiger partial charge in [0.25, 0.3) is 0 Å². The number of rotatable bonds is 5. The number of anilines is 1. The summed E-state index contributed by atoms with van der Waals surface area (Å²) in [4.78, 5) is 8.97. The van der Waals surface area contributed by atoms with E-state index in [4.69, 9.17) is 11.5 Å². The van der Waals surface area contributed by atoms with Crippen molar-refractivity contribution in [3.8, 4) is 0 Å². The lowest BCUT2D eigenvalue weighted by molar-refractivity contribution is 0.667. The number of aromatic nitrogens is 2. The van der Waals surface area contributed by atoms with E-state index in [1.54, 1.807) is 0 Å². The van der Waals surface area contributed by atoms with E-state index in [-0.39, 0.29) is 0 Å². The topological polar surface area (TPSA) is 77.8 Å². The summed E-state index contributed by atoms with van der Waals surface area (Å²) in [5, 5.41) is 0. The van der Waals surface area contributed by atoms with Crippen LogP contribution in [0.15, 0.2) is 0 Å². The van der Waals surface area contributed by atoms with Crippen molar-refractivity contribution in [2.24, 2.45) is 5.73 Å². The zero-order chi connectivity index (χ0) is 11.4. The summed E-state index contributed by atoms with van der Waals surface area (Å²) in [6.07, 6.45) is 7.56. The first-order valence-electron chi connectivity index (χ1n) is 6.15. The van der Waals surface area contributed by atoms with E-state index in [0.29, 0.717) is 5.82 Å². The quantitative estimate of drug-likeness (QED) is 0.731. The lowest BCUT2D eigenvalue weighted by Crippen LogP contribution is -2.06. The van der Waals surface area contributed by atoms with Gasteiger partial charge >= 0.3 is 0 Å². The molecule has 1 aromatic rings. The van der Waals surface area contributed by atoms with Gasteiger partial charge in [-0.15, -0.1) is 0 Å². The Morgan fingerprint density at radius 3 is 2.75 bits per heavy atom. The van der Waals surface area contributed by atoms with Crippen molar-refractivity contribution in [2.45, 2.75) is 44.9 Å². The van der Waals surface area contributed by atoms with Crippen molar-refractivity contribution in [3.05, 3.63) is 17.1 Å². The van der Waals surface area contributed by atoms with E-state index in [1.165, 1.54) is 17.7 Å². The molecule has 16 heavy (non-hydrogen) atoms. The van der Waals surface area contributed by atoms with Crippen LogP contribution >= 0.6 is 0 Å². The molecule has 0 radical (unpaired) electrons. The van der Waals surface area contributed by atoms with E-state index < -0.39 is 0 Å². The Hall–Kier alpha value is -1.16. The largest absolute Gasteiger partial charge is 0.383 e. The number of hydrogen-bond acceptors (Lipinski definition) is 4. The lowest BCUT2D eigenvalue weighted by Gasteiger charge is -2.06. The standard InChI is InChI=1S/C12H20N4/c13-8-3-1-2-7-11-15-10-6-4-5-9(10)12(14)16-11/h1-8,13H2,(H2,14,15,16). The summed E-state index contributed by atoms with van der Waals surface area (Å²) in [6.45, 7) is 0.771. The third-order valence-corrected chi connectivity index (χ3v) is 3.12. The maximum Gasteiger partial charge on any atom is 0.131 e. The molecule has 1 aliphatic carbocycles. The maximum atomic E-state index is 5.93. The Morgan fingerprint density at radius 2 is 1.94 bits per heavy atom.